The molecule has 0 aliphatic heterocycles. The number of rotatable bonds is 59. The van der Waals surface area contributed by atoms with E-state index in [4.69, 9.17) is 14.2 Å². The van der Waals surface area contributed by atoms with Crippen LogP contribution in [0.25, 0.3) is 0 Å². The molecule has 0 aromatic heterocycles. The first-order valence-corrected chi connectivity index (χ1v) is 32.7. The van der Waals surface area contributed by atoms with E-state index < -0.39 is 6.10 Å². The van der Waals surface area contributed by atoms with Gasteiger partial charge in [0.1, 0.15) is 13.2 Å². The quantitative estimate of drug-likeness (QED) is 0.0261. The Labute approximate surface area is 477 Å². The van der Waals surface area contributed by atoms with E-state index in [1.54, 1.807) is 0 Å². The van der Waals surface area contributed by atoms with Gasteiger partial charge in [-0.25, -0.2) is 0 Å². The molecule has 0 spiro atoms. The zero-order valence-electron chi connectivity index (χ0n) is 50.7. The average Bonchev–Trinajstić information content (AvgIpc) is 3.43. The zero-order chi connectivity index (χ0) is 55.7. The molecule has 442 valence electrons. The van der Waals surface area contributed by atoms with E-state index in [1.807, 2.05) is 0 Å². The van der Waals surface area contributed by atoms with Crippen molar-refractivity contribution in [3.8, 4) is 0 Å². The Morgan fingerprint density at radius 3 is 0.870 bits per heavy atom. The first kappa shape index (κ1) is 73.3. The molecule has 0 aliphatic rings. The van der Waals surface area contributed by atoms with E-state index in [0.717, 1.165) is 103 Å². The Hall–Kier alpha value is -3.67. The summed E-state index contributed by atoms with van der Waals surface area (Å²) >= 11 is 0. The Bertz CT molecular complexity index is 1510. The van der Waals surface area contributed by atoms with Crippen LogP contribution in [0.3, 0.4) is 0 Å². The summed E-state index contributed by atoms with van der Waals surface area (Å²) in [6, 6.07) is 0. The van der Waals surface area contributed by atoms with Gasteiger partial charge in [0, 0.05) is 19.3 Å². The van der Waals surface area contributed by atoms with E-state index in [-0.39, 0.29) is 37.5 Å². The molecule has 0 fully saturated rings. The number of allylic oxidation sites excluding steroid dienone is 16. The summed E-state index contributed by atoms with van der Waals surface area (Å²) < 4.78 is 16.9. The first-order chi connectivity index (χ1) is 38.0. The molecule has 0 rings (SSSR count). The summed E-state index contributed by atoms with van der Waals surface area (Å²) in [6.07, 6.45) is 87.2. The summed E-state index contributed by atoms with van der Waals surface area (Å²) in [4.78, 5) is 38.2. The number of unbranched alkanes of at least 4 members (excludes halogenated alkanes) is 32. The number of carbonyl (C=O) groups is 3. The lowest BCUT2D eigenvalue weighted by Gasteiger charge is -2.18. The van der Waals surface area contributed by atoms with Crippen molar-refractivity contribution in [2.45, 2.75) is 322 Å². The third kappa shape index (κ3) is 63.0. The summed E-state index contributed by atoms with van der Waals surface area (Å²) in [7, 11) is 0. The van der Waals surface area contributed by atoms with E-state index in [2.05, 4.69) is 118 Å². The highest BCUT2D eigenvalue weighted by atomic mass is 16.6. The van der Waals surface area contributed by atoms with Gasteiger partial charge in [0.2, 0.25) is 0 Å². The second-order valence-electron chi connectivity index (χ2n) is 21.6. The second kappa shape index (κ2) is 64.9. The molecule has 1 unspecified atom stereocenters. The molecule has 6 nitrogen and oxygen atoms in total. The summed E-state index contributed by atoms with van der Waals surface area (Å²) in [5, 5.41) is 0. The lowest BCUT2D eigenvalue weighted by molar-refractivity contribution is -0.167. The van der Waals surface area contributed by atoms with Gasteiger partial charge in [-0.1, -0.05) is 279 Å². The molecule has 0 aliphatic carbocycles. The van der Waals surface area contributed by atoms with Gasteiger partial charge in [0.15, 0.2) is 6.10 Å². The van der Waals surface area contributed by atoms with Crippen molar-refractivity contribution in [2.24, 2.45) is 0 Å². The third-order valence-electron chi connectivity index (χ3n) is 14.0. The average molecular weight is 1070 g/mol. The van der Waals surface area contributed by atoms with Crippen molar-refractivity contribution in [3.05, 3.63) is 97.2 Å². The number of esters is 3. The minimum absolute atomic E-state index is 0.0966. The molecule has 6 heteroatoms. The van der Waals surface area contributed by atoms with Crippen LogP contribution in [0.5, 0.6) is 0 Å². The highest BCUT2D eigenvalue weighted by Gasteiger charge is 2.19. The van der Waals surface area contributed by atoms with Crippen molar-refractivity contribution in [2.75, 3.05) is 13.2 Å². The molecule has 0 amide bonds. The topological polar surface area (TPSA) is 78.9 Å². The van der Waals surface area contributed by atoms with Crippen LogP contribution in [0.1, 0.15) is 316 Å². The lowest BCUT2D eigenvalue weighted by atomic mass is 10.0. The molecule has 0 saturated carbocycles. The standard InChI is InChI=1S/C71H122O6/c1-4-7-10-13-16-19-22-24-26-28-30-32-33-34-35-36-37-39-40-42-44-46-49-52-55-58-61-64-70(73)76-67-68(66-75-69(72)63-60-57-54-51-48-21-18-15-12-9-6-3)77-71(74)65-62-59-56-53-50-47-45-43-41-38-31-29-27-25-23-20-17-14-11-8-5-2/h8,11,15,17-18,20,25,27-28,30-31,38,43,45,50,53,68H,4-7,9-10,12-14,16,19,21-24,26,29,32-37,39-42,44,46-49,51-52,54-67H2,1-3H3/b11-8-,18-15-,20-17-,27-25-,30-28-,38-31-,45-43-,53-50-. The number of carbonyl (C=O) groups excluding carboxylic acids is 3. The zero-order valence-corrected chi connectivity index (χ0v) is 50.7. The molecule has 0 N–H and O–H groups in total. The Morgan fingerprint density at radius 2 is 0.519 bits per heavy atom. The van der Waals surface area contributed by atoms with Gasteiger partial charge in [-0.05, 0) is 116 Å². The number of hydrogen-bond acceptors (Lipinski definition) is 6. The predicted octanol–water partition coefficient (Wildman–Crippen LogP) is 22.4. The molecule has 0 bridgehead atoms. The Balaban J connectivity index is 4.30. The number of ether oxygens (including phenoxy) is 3. The van der Waals surface area contributed by atoms with Crippen LogP contribution >= 0.6 is 0 Å². The van der Waals surface area contributed by atoms with Crippen LogP contribution in [0, 0.1) is 0 Å². The highest BCUT2D eigenvalue weighted by Crippen LogP contribution is 2.16. The van der Waals surface area contributed by atoms with Crippen LogP contribution < -0.4 is 0 Å². The molecule has 0 saturated heterocycles. The molecular formula is C71H122O6. The maximum Gasteiger partial charge on any atom is 0.306 e. The van der Waals surface area contributed by atoms with E-state index >= 15 is 0 Å². The fourth-order valence-corrected chi connectivity index (χ4v) is 9.13. The lowest BCUT2D eigenvalue weighted by Crippen LogP contribution is -2.30. The van der Waals surface area contributed by atoms with Crippen LogP contribution in [-0.4, -0.2) is 37.2 Å². The maximum atomic E-state index is 12.9. The van der Waals surface area contributed by atoms with Crippen molar-refractivity contribution in [1.82, 2.24) is 0 Å². The Kier molecular flexibility index (Phi) is 61.8. The molecule has 0 aromatic rings. The largest absolute Gasteiger partial charge is 0.462 e. The van der Waals surface area contributed by atoms with Crippen molar-refractivity contribution < 1.29 is 28.6 Å². The van der Waals surface area contributed by atoms with Crippen molar-refractivity contribution in [3.63, 3.8) is 0 Å². The molecular weight excluding hydrogens is 949 g/mol. The molecule has 1 atom stereocenters. The van der Waals surface area contributed by atoms with Gasteiger partial charge in [-0.3, -0.25) is 14.4 Å². The van der Waals surface area contributed by atoms with E-state index in [0.29, 0.717) is 19.3 Å². The third-order valence-corrected chi connectivity index (χ3v) is 14.0. The van der Waals surface area contributed by atoms with Crippen molar-refractivity contribution in [1.29, 1.82) is 0 Å². The Morgan fingerprint density at radius 1 is 0.273 bits per heavy atom. The maximum absolute atomic E-state index is 12.9. The summed E-state index contributed by atoms with van der Waals surface area (Å²) in [5.74, 6) is -0.942. The highest BCUT2D eigenvalue weighted by molar-refractivity contribution is 5.71. The van der Waals surface area contributed by atoms with Gasteiger partial charge in [0.25, 0.3) is 0 Å². The SMILES string of the molecule is CC/C=C\C/C=C\C/C=C\C/C=C\C/C=C\C/C=C\CCCCC(=O)OC(COC(=O)CCCCCCC/C=C\CCCC)COC(=O)CCCCCCCCCCCCCCCCC/C=C\CCCCCCCCCC. The monoisotopic (exact) mass is 1070 g/mol. The van der Waals surface area contributed by atoms with Gasteiger partial charge >= 0.3 is 17.9 Å². The minimum Gasteiger partial charge on any atom is -0.462 e. The second-order valence-corrected chi connectivity index (χ2v) is 21.6. The molecule has 77 heavy (non-hydrogen) atoms. The van der Waals surface area contributed by atoms with Gasteiger partial charge in [0.05, 0.1) is 0 Å². The molecule has 0 heterocycles. The molecule has 0 radical (unpaired) electrons. The first-order valence-electron chi connectivity index (χ1n) is 32.7. The van der Waals surface area contributed by atoms with Crippen LogP contribution in [0.2, 0.25) is 0 Å². The number of hydrogen-bond donors (Lipinski definition) is 0. The van der Waals surface area contributed by atoms with Crippen molar-refractivity contribution >= 4 is 17.9 Å². The summed E-state index contributed by atoms with van der Waals surface area (Å²) in [5.41, 5.74) is 0. The normalized spacial score (nSPS) is 12.7. The van der Waals surface area contributed by atoms with Gasteiger partial charge in [-0.15, -0.1) is 0 Å². The fourth-order valence-electron chi connectivity index (χ4n) is 9.13. The van der Waals surface area contributed by atoms with Crippen LogP contribution in [0.15, 0.2) is 97.2 Å². The van der Waals surface area contributed by atoms with E-state index in [9.17, 15) is 14.4 Å². The smallest absolute Gasteiger partial charge is 0.306 e. The van der Waals surface area contributed by atoms with Crippen LogP contribution in [0.4, 0.5) is 0 Å². The minimum atomic E-state index is -0.805. The predicted molar refractivity (Wildman–Crippen MR) is 334 cm³/mol. The van der Waals surface area contributed by atoms with Gasteiger partial charge < -0.3 is 14.2 Å². The van der Waals surface area contributed by atoms with Gasteiger partial charge in [-0.2, -0.15) is 0 Å². The van der Waals surface area contributed by atoms with Crippen LogP contribution in [-0.2, 0) is 28.6 Å². The van der Waals surface area contributed by atoms with E-state index in [1.165, 1.54) is 167 Å². The fraction of sp³-hybridized carbons (Fsp3) is 0.732. The molecule has 0 aromatic carbocycles. The summed E-state index contributed by atoms with van der Waals surface area (Å²) in [6.45, 7) is 6.47.